The first-order valence-electron chi connectivity index (χ1n) is 6.29. The Labute approximate surface area is 112 Å². The third-order valence-corrected chi connectivity index (χ3v) is 2.85. The first-order chi connectivity index (χ1) is 9.02. The van der Waals surface area contributed by atoms with Gasteiger partial charge in [-0.25, -0.2) is 9.07 Å². The van der Waals surface area contributed by atoms with Crippen molar-refractivity contribution in [2.24, 2.45) is 0 Å². The van der Waals surface area contributed by atoms with Crippen LogP contribution in [0.2, 0.25) is 0 Å². The molecule has 0 bridgehead atoms. The molecule has 0 unspecified atom stereocenters. The number of benzene rings is 1. The number of aryl methyl sites for hydroxylation is 3. The highest BCUT2D eigenvalue weighted by Crippen LogP contribution is 2.31. The molecule has 1 aromatic carbocycles. The molecule has 19 heavy (non-hydrogen) atoms. The maximum Gasteiger partial charge on any atom is 0.241 e. The summed E-state index contributed by atoms with van der Waals surface area (Å²) < 4.78 is 21.0. The molecule has 102 valence electrons. The lowest BCUT2D eigenvalue weighted by molar-refractivity contribution is 0.389. The minimum Gasteiger partial charge on any atom is -0.434 e. The lowest BCUT2D eigenvalue weighted by Crippen LogP contribution is -2.03. The number of anilines is 1. The Morgan fingerprint density at radius 2 is 2.11 bits per heavy atom. The summed E-state index contributed by atoms with van der Waals surface area (Å²) >= 11 is 0. The number of hydrogen-bond acceptors (Lipinski definition) is 3. The number of halogens is 1. The standard InChI is InChI=1S/C14H18FN3O/c1-4-7-18-14(13(16)10(3)17-18)19-12-8-9(2)5-6-11(12)15/h5-6,8H,4,7,16H2,1-3H3. The van der Waals surface area contributed by atoms with Gasteiger partial charge in [0.05, 0.1) is 5.69 Å². The summed E-state index contributed by atoms with van der Waals surface area (Å²) in [5.74, 6) is 0.166. The van der Waals surface area contributed by atoms with E-state index in [0.717, 1.165) is 12.0 Å². The summed E-state index contributed by atoms with van der Waals surface area (Å²) in [6.07, 6.45) is 0.896. The molecule has 0 fully saturated rings. The quantitative estimate of drug-likeness (QED) is 0.919. The molecule has 0 aliphatic heterocycles. The molecule has 0 atom stereocenters. The molecule has 4 nitrogen and oxygen atoms in total. The van der Waals surface area contributed by atoms with Gasteiger partial charge in [0.15, 0.2) is 11.6 Å². The zero-order valence-corrected chi connectivity index (χ0v) is 11.4. The molecule has 1 aromatic heterocycles. The van der Waals surface area contributed by atoms with Gasteiger partial charge in [0.25, 0.3) is 0 Å². The van der Waals surface area contributed by atoms with Crippen LogP contribution in [0.15, 0.2) is 18.2 Å². The summed E-state index contributed by atoms with van der Waals surface area (Å²) in [5.41, 5.74) is 8.01. The van der Waals surface area contributed by atoms with Crippen molar-refractivity contribution >= 4 is 5.69 Å². The zero-order valence-electron chi connectivity index (χ0n) is 11.4. The molecule has 2 N–H and O–H groups in total. The van der Waals surface area contributed by atoms with Crippen molar-refractivity contribution in [3.05, 3.63) is 35.3 Å². The van der Waals surface area contributed by atoms with Crippen LogP contribution in [0, 0.1) is 19.7 Å². The summed E-state index contributed by atoms with van der Waals surface area (Å²) in [5, 5.41) is 4.29. The van der Waals surface area contributed by atoms with E-state index in [4.69, 9.17) is 10.5 Å². The van der Waals surface area contributed by atoms with E-state index in [1.807, 2.05) is 13.8 Å². The highest BCUT2D eigenvalue weighted by Gasteiger charge is 2.16. The third-order valence-electron chi connectivity index (χ3n) is 2.85. The van der Waals surface area contributed by atoms with Crippen molar-refractivity contribution in [1.29, 1.82) is 0 Å². The first kappa shape index (κ1) is 13.4. The molecule has 2 rings (SSSR count). The number of hydrogen-bond donors (Lipinski definition) is 1. The Morgan fingerprint density at radius 3 is 2.79 bits per heavy atom. The average Bonchev–Trinajstić information content (AvgIpc) is 2.62. The topological polar surface area (TPSA) is 53.1 Å². The van der Waals surface area contributed by atoms with Crippen LogP contribution >= 0.6 is 0 Å². The monoisotopic (exact) mass is 263 g/mol. The van der Waals surface area contributed by atoms with Gasteiger partial charge in [0, 0.05) is 6.54 Å². The van der Waals surface area contributed by atoms with Crippen LogP contribution in [0.3, 0.4) is 0 Å². The van der Waals surface area contributed by atoms with E-state index in [9.17, 15) is 4.39 Å². The van der Waals surface area contributed by atoms with Gasteiger partial charge in [-0.05, 0) is 38.0 Å². The second-order valence-corrected chi connectivity index (χ2v) is 4.56. The van der Waals surface area contributed by atoms with Crippen molar-refractivity contribution in [2.75, 3.05) is 5.73 Å². The molecule has 0 saturated heterocycles. The van der Waals surface area contributed by atoms with Crippen LogP contribution in [0.4, 0.5) is 10.1 Å². The summed E-state index contributed by atoms with van der Waals surface area (Å²) in [6, 6.07) is 4.72. The minimum absolute atomic E-state index is 0.170. The Hall–Kier alpha value is -2.04. The van der Waals surface area contributed by atoms with Crippen LogP contribution in [0.25, 0.3) is 0 Å². The molecular formula is C14H18FN3O. The zero-order chi connectivity index (χ0) is 14.0. The molecule has 1 heterocycles. The molecule has 0 radical (unpaired) electrons. The molecule has 0 aliphatic carbocycles. The van der Waals surface area contributed by atoms with Crippen LogP contribution in [-0.2, 0) is 6.54 Å². The van der Waals surface area contributed by atoms with Gasteiger partial charge >= 0.3 is 0 Å². The number of rotatable bonds is 4. The van der Waals surface area contributed by atoms with E-state index in [-0.39, 0.29) is 5.75 Å². The van der Waals surface area contributed by atoms with E-state index in [0.29, 0.717) is 23.8 Å². The summed E-state index contributed by atoms with van der Waals surface area (Å²) in [6.45, 7) is 6.40. The average molecular weight is 263 g/mol. The van der Waals surface area contributed by atoms with E-state index < -0.39 is 5.82 Å². The smallest absolute Gasteiger partial charge is 0.241 e. The maximum atomic E-state index is 13.7. The second kappa shape index (κ2) is 5.30. The third kappa shape index (κ3) is 2.70. The maximum absolute atomic E-state index is 13.7. The number of nitrogen functional groups attached to an aromatic ring is 1. The lowest BCUT2D eigenvalue weighted by atomic mass is 10.2. The van der Waals surface area contributed by atoms with Crippen molar-refractivity contribution in [3.63, 3.8) is 0 Å². The fraction of sp³-hybridized carbons (Fsp3) is 0.357. The van der Waals surface area contributed by atoms with Gasteiger partial charge in [-0.2, -0.15) is 5.10 Å². The molecule has 0 spiro atoms. The van der Waals surface area contributed by atoms with Crippen molar-refractivity contribution in [1.82, 2.24) is 9.78 Å². The number of nitrogens with zero attached hydrogens (tertiary/aromatic N) is 2. The lowest BCUT2D eigenvalue weighted by Gasteiger charge is -2.10. The van der Waals surface area contributed by atoms with Crippen LogP contribution in [-0.4, -0.2) is 9.78 Å². The van der Waals surface area contributed by atoms with Gasteiger partial charge in [-0.15, -0.1) is 0 Å². The van der Waals surface area contributed by atoms with Gasteiger partial charge in [-0.1, -0.05) is 13.0 Å². The normalized spacial score (nSPS) is 10.7. The van der Waals surface area contributed by atoms with Crippen LogP contribution < -0.4 is 10.5 Å². The first-order valence-corrected chi connectivity index (χ1v) is 6.29. The van der Waals surface area contributed by atoms with E-state index in [2.05, 4.69) is 5.10 Å². The summed E-state index contributed by atoms with van der Waals surface area (Å²) in [4.78, 5) is 0. The van der Waals surface area contributed by atoms with Gasteiger partial charge in [0.1, 0.15) is 5.69 Å². The molecule has 0 saturated carbocycles. The molecule has 0 aliphatic rings. The number of aromatic nitrogens is 2. The van der Waals surface area contributed by atoms with Gasteiger partial charge in [0.2, 0.25) is 5.88 Å². The van der Waals surface area contributed by atoms with E-state index in [1.165, 1.54) is 6.07 Å². The second-order valence-electron chi connectivity index (χ2n) is 4.56. The van der Waals surface area contributed by atoms with E-state index >= 15 is 0 Å². The Morgan fingerprint density at radius 1 is 1.37 bits per heavy atom. The molecule has 5 heteroatoms. The minimum atomic E-state index is -0.410. The van der Waals surface area contributed by atoms with Gasteiger partial charge < -0.3 is 10.5 Å². The predicted molar refractivity (Wildman–Crippen MR) is 72.9 cm³/mol. The van der Waals surface area contributed by atoms with Crippen molar-refractivity contribution in [2.45, 2.75) is 33.7 Å². The molecular weight excluding hydrogens is 245 g/mol. The fourth-order valence-electron chi connectivity index (χ4n) is 1.84. The number of ether oxygens (including phenoxy) is 1. The molecule has 0 amide bonds. The Kier molecular flexibility index (Phi) is 3.74. The van der Waals surface area contributed by atoms with Gasteiger partial charge in [-0.3, -0.25) is 0 Å². The van der Waals surface area contributed by atoms with Crippen molar-refractivity contribution < 1.29 is 9.13 Å². The summed E-state index contributed by atoms with van der Waals surface area (Å²) in [7, 11) is 0. The Balaban J connectivity index is 2.39. The van der Waals surface area contributed by atoms with Crippen molar-refractivity contribution in [3.8, 4) is 11.6 Å². The SMILES string of the molecule is CCCn1nc(C)c(N)c1Oc1cc(C)ccc1F. The predicted octanol–water partition coefficient (Wildman–Crippen LogP) is 3.42. The highest BCUT2D eigenvalue weighted by atomic mass is 19.1. The molecule has 2 aromatic rings. The van der Waals surface area contributed by atoms with Crippen LogP contribution in [0.1, 0.15) is 24.6 Å². The number of nitrogens with two attached hydrogens (primary N) is 1. The highest BCUT2D eigenvalue weighted by molar-refractivity contribution is 5.54. The van der Waals surface area contributed by atoms with E-state index in [1.54, 1.807) is 23.7 Å². The Bertz CT molecular complexity index is 593. The fourth-order valence-corrected chi connectivity index (χ4v) is 1.84. The van der Waals surface area contributed by atoms with Crippen LogP contribution in [0.5, 0.6) is 11.6 Å². The largest absolute Gasteiger partial charge is 0.434 e.